The number of likely N-dealkylation sites (N-methyl/N-ethyl adjacent to an activating group) is 1. The Balaban J connectivity index is 2.32. The van der Waals surface area contributed by atoms with Crippen LogP contribution in [0.15, 0.2) is 58.4 Å². The summed E-state index contributed by atoms with van der Waals surface area (Å²) < 4.78 is 0. The maximum absolute atomic E-state index is 13.0. The van der Waals surface area contributed by atoms with Crippen LogP contribution in [0.5, 0.6) is 0 Å². The van der Waals surface area contributed by atoms with Crippen molar-refractivity contribution in [2.75, 3.05) is 7.05 Å². The van der Waals surface area contributed by atoms with Gasteiger partial charge in [0, 0.05) is 24.3 Å². The molecule has 4 heteroatoms. The van der Waals surface area contributed by atoms with E-state index in [1.54, 1.807) is 14.0 Å². The number of Topliss-reactive ketones (excluding diaryl/α,β-unsaturated/α-hetero) is 1. The molecule has 0 atom stereocenters. The molecule has 0 saturated carbocycles. The molecule has 0 fully saturated rings. The monoisotopic (exact) mass is 395 g/mol. The number of allylic oxidation sites excluding steroid dienone is 8. The summed E-state index contributed by atoms with van der Waals surface area (Å²) in [5.41, 5.74) is 3.26. The van der Waals surface area contributed by atoms with Crippen molar-refractivity contribution in [3.8, 4) is 0 Å². The van der Waals surface area contributed by atoms with Crippen LogP contribution in [0.2, 0.25) is 0 Å². The Morgan fingerprint density at radius 1 is 0.793 bits per heavy atom. The van der Waals surface area contributed by atoms with E-state index in [0.29, 0.717) is 17.6 Å². The van der Waals surface area contributed by atoms with Gasteiger partial charge in [0.1, 0.15) is 0 Å². The van der Waals surface area contributed by atoms with Crippen LogP contribution in [0.25, 0.3) is 0 Å². The zero-order valence-electron chi connectivity index (χ0n) is 18.2. The molecule has 1 amide bonds. The van der Waals surface area contributed by atoms with Gasteiger partial charge < -0.3 is 4.90 Å². The Morgan fingerprint density at radius 2 is 1.48 bits per heavy atom. The molecule has 29 heavy (non-hydrogen) atoms. The predicted molar refractivity (Wildman–Crippen MR) is 117 cm³/mol. The van der Waals surface area contributed by atoms with Crippen molar-refractivity contribution in [3.63, 3.8) is 0 Å². The zero-order chi connectivity index (χ0) is 21.4. The van der Waals surface area contributed by atoms with E-state index >= 15 is 0 Å². The van der Waals surface area contributed by atoms with Crippen molar-refractivity contribution in [1.82, 2.24) is 4.90 Å². The molecule has 0 unspecified atom stereocenters. The van der Waals surface area contributed by atoms with E-state index in [9.17, 15) is 14.4 Å². The summed E-state index contributed by atoms with van der Waals surface area (Å²) >= 11 is 0. The van der Waals surface area contributed by atoms with E-state index in [1.165, 1.54) is 17.1 Å². The third kappa shape index (κ3) is 6.25. The molecule has 0 N–H and O–H groups in total. The first-order valence-electron chi connectivity index (χ1n) is 10.6. The molecule has 0 radical (unpaired) electrons. The summed E-state index contributed by atoms with van der Waals surface area (Å²) in [6.07, 6.45) is 17.1. The highest BCUT2D eigenvalue weighted by Gasteiger charge is 2.28. The van der Waals surface area contributed by atoms with Crippen molar-refractivity contribution in [3.05, 3.63) is 58.4 Å². The predicted octanol–water partition coefficient (Wildman–Crippen LogP) is 5.38. The molecular formula is C25H33NO3. The highest BCUT2D eigenvalue weighted by atomic mass is 16.2. The topological polar surface area (TPSA) is 54.5 Å². The Hall–Kier alpha value is -2.49. The lowest BCUT2D eigenvalue weighted by Gasteiger charge is -2.24. The van der Waals surface area contributed by atoms with Crippen LogP contribution in [-0.4, -0.2) is 29.4 Å². The Bertz CT molecular complexity index is 821. The number of hydrogen-bond donors (Lipinski definition) is 0. The van der Waals surface area contributed by atoms with E-state index in [1.807, 2.05) is 13.8 Å². The van der Waals surface area contributed by atoms with E-state index in [0.717, 1.165) is 56.1 Å². The van der Waals surface area contributed by atoms with Gasteiger partial charge in [-0.25, -0.2) is 0 Å². The van der Waals surface area contributed by atoms with Crippen molar-refractivity contribution in [1.29, 1.82) is 0 Å². The third-order valence-electron chi connectivity index (χ3n) is 5.78. The fourth-order valence-corrected chi connectivity index (χ4v) is 3.61. The second-order valence-corrected chi connectivity index (χ2v) is 7.93. The number of carbonyl (C=O) groups is 3. The first-order valence-corrected chi connectivity index (χ1v) is 10.6. The summed E-state index contributed by atoms with van der Waals surface area (Å²) in [6.45, 7) is 5.72. The largest absolute Gasteiger partial charge is 0.308 e. The molecule has 1 heterocycles. The quantitative estimate of drug-likeness (QED) is 0.409. The maximum atomic E-state index is 13.0. The van der Waals surface area contributed by atoms with Gasteiger partial charge in [0.05, 0.1) is 5.70 Å². The third-order valence-corrected chi connectivity index (χ3v) is 5.78. The number of rotatable bonds is 0. The number of fused-ring (bicyclic) bond motifs is 2. The smallest absolute Gasteiger partial charge is 0.254 e. The van der Waals surface area contributed by atoms with E-state index in [2.05, 4.69) is 18.2 Å². The second-order valence-electron chi connectivity index (χ2n) is 7.93. The molecule has 0 aromatic carbocycles. The summed E-state index contributed by atoms with van der Waals surface area (Å²) in [7, 11) is 1.57. The van der Waals surface area contributed by atoms with E-state index < -0.39 is 0 Å². The van der Waals surface area contributed by atoms with Crippen LogP contribution < -0.4 is 0 Å². The first kappa shape index (κ1) is 22.8. The van der Waals surface area contributed by atoms with Gasteiger partial charge in [-0.05, 0) is 70.9 Å². The minimum absolute atomic E-state index is 0.174. The average Bonchev–Trinajstić information content (AvgIpc) is 2.70. The van der Waals surface area contributed by atoms with Crippen LogP contribution in [0.1, 0.15) is 72.1 Å². The lowest BCUT2D eigenvalue weighted by Crippen LogP contribution is -2.33. The van der Waals surface area contributed by atoms with Crippen molar-refractivity contribution >= 4 is 17.5 Å². The van der Waals surface area contributed by atoms with Crippen LogP contribution in [0.3, 0.4) is 0 Å². The minimum atomic E-state index is -0.248. The van der Waals surface area contributed by atoms with Crippen LogP contribution in [0.4, 0.5) is 0 Å². The average molecular weight is 396 g/mol. The summed E-state index contributed by atoms with van der Waals surface area (Å²) in [4.78, 5) is 39.4. The number of hydrogen-bond acceptors (Lipinski definition) is 3. The molecule has 0 aromatic rings. The van der Waals surface area contributed by atoms with Gasteiger partial charge in [-0.1, -0.05) is 36.6 Å². The molecule has 0 aromatic heterocycles. The van der Waals surface area contributed by atoms with Gasteiger partial charge in [-0.2, -0.15) is 0 Å². The Labute approximate surface area is 174 Å². The van der Waals surface area contributed by atoms with Gasteiger partial charge in [0.2, 0.25) is 5.78 Å². The normalized spacial score (nSPS) is 26.6. The van der Waals surface area contributed by atoms with E-state index in [-0.39, 0.29) is 23.2 Å². The molecule has 1 aliphatic carbocycles. The number of amides is 1. The molecule has 0 spiro atoms. The molecule has 2 bridgehead atoms. The van der Waals surface area contributed by atoms with Gasteiger partial charge in [-0.3, -0.25) is 14.4 Å². The maximum Gasteiger partial charge on any atom is 0.254 e. The first-order chi connectivity index (χ1) is 13.8. The number of nitrogens with zero attached hydrogens (tertiary/aromatic N) is 1. The summed E-state index contributed by atoms with van der Waals surface area (Å²) in [5.74, 6) is -0.680. The number of ketones is 2. The fourth-order valence-electron chi connectivity index (χ4n) is 3.61. The Morgan fingerprint density at radius 3 is 2.24 bits per heavy atom. The molecule has 4 nitrogen and oxygen atoms in total. The Kier molecular flexibility index (Phi) is 8.56. The standard InChI is InChI=1S/C25H33NO3/c1-18-14-12-10-8-6-5-7-9-11-13-15-21-16-22(27)17-23(24(21)28)26(4)25(29)20(3)19(18)2/h6,8,14,16-17H,5,7,9-13,15H2,1-4H3/b8-6-,18-14-,20-19-. The minimum Gasteiger partial charge on any atom is -0.308 e. The molecule has 156 valence electrons. The molecule has 2 aliphatic rings. The van der Waals surface area contributed by atoms with Gasteiger partial charge in [0.25, 0.3) is 5.91 Å². The number of carbonyl (C=O) groups excluding carboxylic acids is 3. The van der Waals surface area contributed by atoms with Gasteiger partial charge >= 0.3 is 0 Å². The summed E-state index contributed by atoms with van der Waals surface area (Å²) in [5, 5.41) is 0. The van der Waals surface area contributed by atoms with Crippen molar-refractivity contribution in [2.24, 2.45) is 0 Å². The van der Waals surface area contributed by atoms with Crippen LogP contribution in [0, 0.1) is 0 Å². The van der Waals surface area contributed by atoms with Gasteiger partial charge in [0.15, 0.2) is 5.78 Å². The fraction of sp³-hybridized carbons (Fsp3) is 0.480. The van der Waals surface area contributed by atoms with Gasteiger partial charge in [-0.15, -0.1) is 0 Å². The zero-order valence-corrected chi connectivity index (χ0v) is 18.2. The van der Waals surface area contributed by atoms with Crippen molar-refractivity contribution in [2.45, 2.75) is 72.1 Å². The lowest BCUT2D eigenvalue weighted by atomic mass is 9.94. The highest BCUT2D eigenvalue weighted by Crippen LogP contribution is 2.24. The molecule has 2 rings (SSSR count). The molecule has 1 aliphatic heterocycles. The van der Waals surface area contributed by atoms with Crippen molar-refractivity contribution < 1.29 is 14.4 Å². The lowest BCUT2D eigenvalue weighted by molar-refractivity contribution is -0.127. The van der Waals surface area contributed by atoms with Crippen LogP contribution in [-0.2, 0) is 14.4 Å². The van der Waals surface area contributed by atoms with Crippen LogP contribution >= 0.6 is 0 Å². The highest BCUT2D eigenvalue weighted by molar-refractivity contribution is 6.21. The van der Waals surface area contributed by atoms with E-state index in [4.69, 9.17) is 0 Å². The molecular weight excluding hydrogens is 362 g/mol. The summed E-state index contributed by atoms with van der Waals surface area (Å²) in [6, 6.07) is 0. The second kappa shape index (κ2) is 10.9. The molecule has 0 saturated heterocycles. The SMILES string of the molecule is CC1=C/CC/C=C\CCCCCCC2=CC(=O)C=C(C2=O)N(C)C(=O)/C(C)=C\1C.